The molecule has 0 saturated carbocycles. The highest BCUT2D eigenvalue weighted by molar-refractivity contribution is 7.91. The number of rotatable bonds is 4. The van der Waals surface area contributed by atoms with Gasteiger partial charge < -0.3 is 5.32 Å². The van der Waals surface area contributed by atoms with Crippen molar-refractivity contribution < 1.29 is 13.2 Å². The summed E-state index contributed by atoms with van der Waals surface area (Å²) >= 11 is 6.51. The van der Waals surface area contributed by atoms with Crippen LogP contribution in [0, 0.1) is 0 Å². The van der Waals surface area contributed by atoms with Gasteiger partial charge in [0.1, 0.15) is 0 Å². The van der Waals surface area contributed by atoms with Crippen molar-refractivity contribution in [1.82, 2.24) is 20.6 Å². The van der Waals surface area contributed by atoms with Crippen molar-refractivity contribution in [3.05, 3.63) is 40.2 Å². The second kappa shape index (κ2) is 6.28. The molecule has 124 valence electrons. The van der Waals surface area contributed by atoms with Crippen LogP contribution in [0.25, 0.3) is 11.4 Å². The summed E-state index contributed by atoms with van der Waals surface area (Å²) in [6, 6.07) is 8.03. The standard InChI is InChI=1S/C12H9ClN6O3S2/c13-8-5-9(23-12(8)24(14,21)22)11(20)15-7-3-1-2-6(4-7)10-16-18-19-17-10/h1-5H,(H,15,20)(H2,14,21,22)(H,16,17,18,19). The molecule has 3 aromatic rings. The lowest BCUT2D eigenvalue weighted by molar-refractivity contribution is 0.103. The molecule has 0 aliphatic carbocycles. The third kappa shape index (κ3) is 3.43. The van der Waals surface area contributed by atoms with Gasteiger partial charge in [-0.3, -0.25) is 4.79 Å². The van der Waals surface area contributed by atoms with E-state index in [0.717, 1.165) is 0 Å². The van der Waals surface area contributed by atoms with Crippen molar-refractivity contribution in [2.75, 3.05) is 5.32 Å². The predicted molar refractivity (Wildman–Crippen MR) is 88.3 cm³/mol. The molecule has 0 spiro atoms. The van der Waals surface area contributed by atoms with Crippen molar-refractivity contribution in [2.24, 2.45) is 5.14 Å². The van der Waals surface area contributed by atoms with E-state index in [4.69, 9.17) is 16.7 Å². The number of hydrogen-bond donors (Lipinski definition) is 3. The first-order chi connectivity index (χ1) is 11.3. The number of halogens is 1. The van der Waals surface area contributed by atoms with Crippen LogP contribution < -0.4 is 10.5 Å². The molecule has 24 heavy (non-hydrogen) atoms. The van der Waals surface area contributed by atoms with Crippen LogP contribution in [0.1, 0.15) is 9.67 Å². The smallest absolute Gasteiger partial charge is 0.265 e. The molecular weight excluding hydrogens is 376 g/mol. The number of hydrogen-bond acceptors (Lipinski definition) is 7. The molecule has 0 radical (unpaired) electrons. The Hall–Kier alpha value is -2.34. The third-order valence-corrected chi connectivity index (χ3v) is 6.00. The summed E-state index contributed by atoms with van der Waals surface area (Å²) in [5, 5.41) is 21.1. The van der Waals surface area contributed by atoms with Crippen molar-refractivity contribution in [1.29, 1.82) is 0 Å². The van der Waals surface area contributed by atoms with E-state index in [0.29, 0.717) is 28.4 Å². The van der Waals surface area contributed by atoms with Gasteiger partial charge in [0.05, 0.1) is 9.90 Å². The Morgan fingerprint density at radius 3 is 2.75 bits per heavy atom. The summed E-state index contributed by atoms with van der Waals surface area (Å²) in [6.45, 7) is 0. The van der Waals surface area contributed by atoms with Gasteiger partial charge in [0.2, 0.25) is 15.8 Å². The zero-order valence-corrected chi connectivity index (χ0v) is 14.1. The number of aromatic nitrogens is 4. The summed E-state index contributed by atoms with van der Waals surface area (Å²) in [5.74, 6) is -0.135. The molecule has 0 aliphatic heterocycles. The Morgan fingerprint density at radius 2 is 2.12 bits per heavy atom. The maximum atomic E-state index is 12.3. The fourth-order valence-electron chi connectivity index (χ4n) is 1.87. The van der Waals surface area contributed by atoms with Gasteiger partial charge in [-0.05, 0) is 23.4 Å². The SMILES string of the molecule is NS(=O)(=O)c1sc(C(=O)Nc2cccc(-c3nn[nH]n3)c2)cc1Cl. The van der Waals surface area contributed by atoms with Gasteiger partial charge in [0.15, 0.2) is 4.21 Å². The number of nitrogens with one attached hydrogen (secondary N) is 2. The molecule has 1 amide bonds. The third-order valence-electron chi connectivity index (χ3n) is 2.86. The van der Waals surface area contributed by atoms with Gasteiger partial charge in [-0.2, -0.15) is 5.21 Å². The number of benzene rings is 1. The topological polar surface area (TPSA) is 144 Å². The normalized spacial score (nSPS) is 11.4. The number of carbonyl (C=O) groups is 1. The Labute approximate surface area is 144 Å². The Bertz CT molecular complexity index is 1000. The van der Waals surface area contributed by atoms with Gasteiger partial charge in [-0.25, -0.2) is 13.6 Å². The van der Waals surface area contributed by atoms with E-state index in [1.165, 1.54) is 6.07 Å². The number of aromatic amines is 1. The summed E-state index contributed by atoms with van der Waals surface area (Å²) in [7, 11) is -3.98. The van der Waals surface area contributed by atoms with Gasteiger partial charge in [-0.1, -0.05) is 23.7 Å². The van der Waals surface area contributed by atoms with Crippen molar-refractivity contribution in [2.45, 2.75) is 4.21 Å². The molecule has 4 N–H and O–H groups in total. The van der Waals surface area contributed by atoms with E-state index in [1.54, 1.807) is 24.3 Å². The number of sulfonamides is 1. The zero-order valence-electron chi connectivity index (χ0n) is 11.7. The first kappa shape index (κ1) is 16.5. The average Bonchev–Trinajstić information content (AvgIpc) is 3.16. The van der Waals surface area contributed by atoms with E-state index >= 15 is 0 Å². The Balaban J connectivity index is 1.84. The molecular formula is C12H9ClN6O3S2. The quantitative estimate of drug-likeness (QED) is 0.621. The lowest BCUT2D eigenvalue weighted by Gasteiger charge is -2.04. The second-order valence-corrected chi connectivity index (χ2v) is 7.78. The molecule has 0 aliphatic rings. The number of nitrogens with two attached hydrogens (primary N) is 1. The minimum absolute atomic E-state index is 0.0896. The van der Waals surface area contributed by atoms with E-state index in [9.17, 15) is 13.2 Å². The first-order valence-electron chi connectivity index (χ1n) is 6.32. The molecule has 3 rings (SSSR count). The highest BCUT2D eigenvalue weighted by Crippen LogP contribution is 2.31. The number of carbonyl (C=O) groups excluding carboxylic acids is 1. The molecule has 2 heterocycles. The maximum absolute atomic E-state index is 12.3. The molecule has 0 saturated heterocycles. The largest absolute Gasteiger partial charge is 0.321 e. The van der Waals surface area contributed by atoms with Gasteiger partial charge >= 0.3 is 0 Å². The number of nitrogens with zero attached hydrogens (tertiary/aromatic N) is 3. The number of H-pyrrole nitrogens is 1. The number of amides is 1. The van der Waals surface area contributed by atoms with Crippen molar-refractivity contribution in [3.8, 4) is 11.4 Å². The number of primary sulfonamides is 1. The highest BCUT2D eigenvalue weighted by Gasteiger charge is 2.21. The van der Waals surface area contributed by atoms with E-state index in [1.807, 2.05) is 0 Å². The summed E-state index contributed by atoms with van der Waals surface area (Å²) in [4.78, 5) is 12.4. The van der Waals surface area contributed by atoms with Crippen LogP contribution in [-0.4, -0.2) is 34.9 Å². The molecule has 0 atom stereocenters. The summed E-state index contributed by atoms with van der Waals surface area (Å²) < 4.78 is 22.5. The fraction of sp³-hybridized carbons (Fsp3) is 0. The van der Waals surface area contributed by atoms with Crippen LogP contribution in [0.15, 0.2) is 34.5 Å². The average molecular weight is 385 g/mol. The summed E-state index contributed by atoms with van der Waals surface area (Å²) in [5.41, 5.74) is 1.12. The van der Waals surface area contributed by atoms with Crippen LogP contribution in [-0.2, 0) is 10.0 Å². The van der Waals surface area contributed by atoms with Crippen LogP contribution in [0.5, 0.6) is 0 Å². The Morgan fingerprint density at radius 1 is 1.33 bits per heavy atom. The number of thiophene rings is 1. The fourth-order valence-corrected chi connectivity index (χ4v) is 4.22. The van der Waals surface area contributed by atoms with Crippen molar-refractivity contribution >= 4 is 44.6 Å². The molecule has 9 nitrogen and oxygen atoms in total. The van der Waals surface area contributed by atoms with Gasteiger partial charge in [-0.15, -0.1) is 21.5 Å². The van der Waals surface area contributed by atoms with Crippen LogP contribution in [0.4, 0.5) is 5.69 Å². The van der Waals surface area contributed by atoms with Gasteiger partial charge in [0, 0.05) is 11.3 Å². The van der Waals surface area contributed by atoms with E-state index in [2.05, 4.69) is 25.9 Å². The lowest BCUT2D eigenvalue weighted by atomic mass is 10.2. The predicted octanol–water partition coefficient (Wildman–Crippen LogP) is 1.48. The highest BCUT2D eigenvalue weighted by atomic mass is 35.5. The molecule has 0 unspecified atom stereocenters. The van der Waals surface area contributed by atoms with Crippen molar-refractivity contribution in [3.63, 3.8) is 0 Å². The first-order valence-corrected chi connectivity index (χ1v) is 9.06. The molecule has 12 heteroatoms. The van der Waals surface area contributed by atoms with Gasteiger partial charge in [0.25, 0.3) is 5.91 Å². The molecule has 0 bridgehead atoms. The van der Waals surface area contributed by atoms with Crippen LogP contribution in [0.2, 0.25) is 5.02 Å². The zero-order chi connectivity index (χ0) is 17.3. The minimum atomic E-state index is -3.98. The Kier molecular flexibility index (Phi) is 4.32. The minimum Gasteiger partial charge on any atom is -0.321 e. The lowest BCUT2D eigenvalue weighted by Crippen LogP contribution is -2.11. The summed E-state index contributed by atoms with van der Waals surface area (Å²) in [6.07, 6.45) is 0. The van der Waals surface area contributed by atoms with E-state index in [-0.39, 0.29) is 14.1 Å². The van der Waals surface area contributed by atoms with E-state index < -0.39 is 15.9 Å². The molecule has 2 aromatic heterocycles. The number of tetrazole rings is 1. The molecule has 1 aromatic carbocycles. The monoisotopic (exact) mass is 384 g/mol. The van der Waals surface area contributed by atoms with Crippen LogP contribution in [0.3, 0.4) is 0 Å². The number of anilines is 1. The maximum Gasteiger partial charge on any atom is 0.265 e. The van der Waals surface area contributed by atoms with Crippen LogP contribution >= 0.6 is 22.9 Å². The molecule has 0 fully saturated rings. The second-order valence-electron chi connectivity index (χ2n) is 4.56.